The van der Waals surface area contributed by atoms with Crippen molar-refractivity contribution >= 4 is 21.4 Å². The summed E-state index contributed by atoms with van der Waals surface area (Å²) in [6.07, 6.45) is 4.72. The second-order valence-corrected chi connectivity index (χ2v) is 10.1. The zero-order valence-electron chi connectivity index (χ0n) is 17.0. The lowest BCUT2D eigenvalue weighted by molar-refractivity contribution is -0.134. The van der Waals surface area contributed by atoms with E-state index in [1.807, 2.05) is 18.2 Å². The van der Waals surface area contributed by atoms with E-state index >= 15 is 0 Å². The van der Waals surface area contributed by atoms with Gasteiger partial charge in [-0.05, 0) is 62.1 Å². The van der Waals surface area contributed by atoms with Gasteiger partial charge in [-0.15, -0.1) is 0 Å². The lowest BCUT2D eigenvalue weighted by atomic mass is 9.73. The van der Waals surface area contributed by atoms with Crippen molar-refractivity contribution in [2.45, 2.75) is 49.8 Å². The third kappa shape index (κ3) is 5.21. The third-order valence-electron chi connectivity index (χ3n) is 6.03. The molecule has 1 saturated carbocycles. The Morgan fingerprint density at radius 2 is 1.52 bits per heavy atom. The summed E-state index contributed by atoms with van der Waals surface area (Å²) in [5.41, 5.74) is 1.85. The Bertz CT molecular complexity index is 971. The summed E-state index contributed by atoms with van der Waals surface area (Å²) in [6, 6.07) is 17.0. The molecular weight excluding hydrogens is 384 g/mol. The first-order chi connectivity index (χ1) is 13.8. The van der Waals surface area contributed by atoms with Crippen molar-refractivity contribution in [2.75, 3.05) is 6.26 Å². The van der Waals surface area contributed by atoms with Gasteiger partial charge in [-0.25, -0.2) is 8.42 Å². The molecule has 0 aliphatic heterocycles. The molecule has 0 N–H and O–H groups in total. The molecule has 154 valence electrons. The third-order valence-corrected chi connectivity index (χ3v) is 7.23. The van der Waals surface area contributed by atoms with Gasteiger partial charge in [-0.2, -0.15) is 0 Å². The molecule has 1 unspecified atom stereocenters. The predicted octanol–water partition coefficient (Wildman–Crippen LogP) is 4.38. The van der Waals surface area contributed by atoms with Crippen LogP contribution in [-0.2, 0) is 25.8 Å². The first-order valence-electron chi connectivity index (χ1n) is 10.1. The summed E-state index contributed by atoms with van der Waals surface area (Å²) in [4.78, 5) is 25.7. The molecule has 2 aromatic carbocycles. The molecule has 5 heteroatoms. The molecule has 1 atom stereocenters. The second-order valence-electron chi connectivity index (χ2n) is 8.11. The summed E-state index contributed by atoms with van der Waals surface area (Å²) in [5.74, 6) is -0.678. The van der Waals surface area contributed by atoms with Gasteiger partial charge in [-0.1, -0.05) is 48.5 Å². The van der Waals surface area contributed by atoms with Crippen molar-refractivity contribution in [3.63, 3.8) is 0 Å². The first-order valence-corrected chi connectivity index (χ1v) is 12.0. The van der Waals surface area contributed by atoms with Crippen LogP contribution in [0.15, 0.2) is 59.5 Å². The molecular formula is C24H28O4S. The normalized spacial score (nSPS) is 20.8. The summed E-state index contributed by atoms with van der Waals surface area (Å²) in [7, 11) is -3.42. The topological polar surface area (TPSA) is 68.3 Å². The number of carbonyl (C=O) groups is 2. The highest BCUT2D eigenvalue weighted by Gasteiger charge is 2.34. The average molecular weight is 413 g/mol. The average Bonchev–Trinajstić information content (AvgIpc) is 2.71. The van der Waals surface area contributed by atoms with E-state index < -0.39 is 15.8 Å². The van der Waals surface area contributed by atoms with Crippen LogP contribution < -0.4 is 0 Å². The molecule has 0 radical (unpaired) electrons. The van der Waals surface area contributed by atoms with Gasteiger partial charge in [-0.3, -0.25) is 9.59 Å². The molecule has 3 rings (SSSR count). The highest BCUT2D eigenvalue weighted by atomic mass is 32.2. The molecule has 0 amide bonds. The first kappa shape index (κ1) is 21.4. The smallest absolute Gasteiger partial charge is 0.175 e. The van der Waals surface area contributed by atoms with Crippen molar-refractivity contribution < 1.29 is 18.0 Å². The van der Waals surface area contributed by atoms with Crippen LogP contribution in [0.4, 0.5) is 0 Å². The van der Waals surface area contributed by atoms with Crippen LogP contribution in [0, 0.1) is 11.8 Å². The van der Waals surface area contributed by atoms with E-state index in [9.17, 15) is 18.0 Å². The molecule has 1 fully saturated rings. The van der Waals surface area contributed by atoms with Gasteiger partial charge < -0.3 is 0 Å². The molecule has 0 bridgehead atoms. The number of carbonyl (C=O) groups excluding carboxylic acids is 2. The SMILES string of the molecule is CC(=O)C(Cc1ccccc1S(C)(=O)=O)C(=O)[C@H]1CC[C@H](c2ccccc2)CC1. The quantitative estimate of drug-likeness (QED) is 0.633. The van der Waals surface area contributed by atoms with Crippen molar-refractivity contribution in [1.29, 1.82) is 0 Å². The number of hydrogen-bond donors (Lipinski definition) is 0. The van der Waals surface area contributed by atoms with Crippen molar-refractivity contribution in [1.82, 2.24) is 0 Å². The van der Waals surface area contributed by atoms with Gasteiger partial charge in [0.25, 0.3) is 0 Å². The fourth-order valence-corrected chi connectivity index (χ4v) is 5.37. The predicted molar refractivity (Wildman–Crippen MR) is 114 cm³/mol. The van der Waals surface area contributed by atoms with Crippen LogP contribution in [0.2, 0.25) is 0 Å². The van der Waals surface area contributed by atoms with E-state index in [2.05, 4.69) is 12.1 Å². The molecule has 0 saturated heterocycles. The number of Topliss-reactive ketones (excluding diaryl/α,β-unsaturated/α-hetero) is 2. The Morgan fingerprint density at radius 3 is 2.10 bits per heavy atom. The minimum absolute atomic E-state index is 0.0349. The number of rotatable bonds is 7. The van der Waals surface area contributed by atoms with Crippen LogP contribution >= 0.6 is 0 Å². The summed E-state index contributed by atoms with van der Waals surface area (Å²) in [5, 5.41) is 0. The minimum atomic E-state index is -3.42. The largest absolute Gasteiger partial charge is 0.299 e. The Labute approximate surface area is 173 Å². The van der Waals surface area contributed by atoms with Crippen molar-refractivity contribution in [3.8, 4) is 0 Å². The Morgan fingerprint density at radius 1 is 0.931 bits per heavy atom. The van der Waals surface area contributed by atoms with Crippen LogP contribution in [0.25, 0.3) is 0 Å². The Balaban J connectivity index is 1.73. The van der Waals surface area contributed by atoms with E-state index in [0.717, 1.165) is 31.9 Å². The van der Waals surface area contributed by atoms with Crippen molar-refractivity contribution in [3.05, 3.63) is 65.7 Å². The number of sulfone groups is 1. The Kier molecular flexibility index (Phi) is 6.68. The summed E-state index contributed by atoms with van der Waals surface area (Å²) < 4.78 is 24.2. The maximum atomic E-state index is 13.2. The van der Waals surface area contributed by atoms with Gasteiger partial charge in [0.15, 0.2) is 9.84 Å². The van der Waals surface area contributed by atoms with Gasteiger partial charge in [0, 0.05) is 12.2 Å². The van der Waals surface area contributed by atoms with Crippen LogP contribution in [0.1, 0.15) is 49.7 Å². The summed E-state index contributed by atoms with van der Waals surface area (Å²) in [6.45, 7) is 1.43. The molecule has 0 heterocycles. The lowest BCUT2D eigenvalue weighted by Crippen LogP contribution is -2.32. The zero-order valence-corrected chi connectivity index (χ0v) is 17.8. The lowest BCUT2D eigenvalue weighted by Gasteiger charge is -2.30. The van der Waals surface area contributed by atoms with Gasteiger partial charge in [0.2, 0.25) is 0 Å². The highest BCUT2D eigenvalue weighted by molar-refractivity contribution is 7.90. The number of benzene rings is 2. The van der Waals surface area contributed by atoms with E-state index in [1.54, 1.807) is 18.2 Å². The molecule has 1 aliphatic carbocycles. The maximum Gasteiger partial charge on any atom is 0.175 e. The van der Waals surface area contributed by atoms with Gasteiger partial charge in [0.05, 0.1) is 10.8 Å². The van der Waals surface area contributed by atoms with Crippen LogP contribution in [0.5, 0.6) is 0 Å². The minimum Gasteiger partial charge on any atom is -0.299 e. The maximum absolute atomic E-state index is 13.2. The zero-order chi connectivity index (χ0) is 21.0. The van der Waals surface area contributed by atoms with Crippen LogP contribution in [0.3, 0.4) is 0 Å². The van der Waals surface area contributed by atoms with E-state index in [4.69, 9.17) is 0 Å². The molecule has 1 aliphatic rings. The van der Waals surface area contributed by atoms with E-state index in [1.165, 1.54) is 18.6 Å². The monoisotopic (exact) mass is 412 g/mol. The Hall–Kier alpha value is -2.27. The molecule has 2 aromatic rings. The summed E-state index contributed by atoms with van der Waals surface area (Å²) >= 11 is 0. The van der Waals surface area contributed by atoms with Crippen LogP contribution in [-0.4, -0.2) is 26.2 Å². The highest BCUT2D eigenvalue weighted by Crippen LogP contribution is 2.37. The fraction of sp³-hybridized carbons (Fsp3) is 0.417. The van der Waals surface area contributed by atoms with Crippen molar-refractivity contribution in [2.24, 2.45) is 11.8 Å². The molecule has 0 aromatic heterocycles. The number of hydrogen-bond acceptors (Lipinski definition) is 4. The standard InChI is InChI=1S/C24H28O4S/c1-17(25)22(16-21-10-6-7-11-23(21)29(2,27)28)24(26)20-14-12-19(13-15-20)18-8-4-3-5-9-18/h3-11,19-20,22H,12-16H2,1-2H3/t19-,20-,22?. The molecule has 4 nitrogen and oxygen atoms in total. The molecule has 0 spiro atoms. The fourth-order valence-electron chi connectivity index (χ4n) is 4.42. The molecule has 29 heavy (non-hydrogen) atoms. The number of ketones is 2. The van der Waals surface area contributed by atoms with E-state index in [-0.39, 0.29) is 28.8 Å². The van der Waals surface area contributed by atoms with E-state index in [0.29, 0.717) is 11.5 Å². The van der Waals surface area contributed by atoms with Gasteiger partial charge >= 0.3 is 0 Å². The second kappa shape index (κ2) is 9.04. The van der Waals surface area contributed by atoms with Gasteiger partial charge in [0.1, 0.15) is 11.6 Å².